The molecule has 3 aromatic carbocycles. The first-order valence-corrected chi connectivity index (χ1v) is 8.43. The van der Waals surface area contributed by atoms with Crippen LogP contribution in [0.3, 0.4) is 0 Å². The number of rotatable bonds is 5. The van der Waals surface area contributed by atoms with Crippen molar-refractivity contribution in [3.8, 4) is 5.75 Å². The molecular weight excluding hydrogens is 342 g/mol. The summed E-state index contributed by atoms with van der Waals surface area (Å²) in [5.41, 5.74) is 1.79. The van der Waals surface area contributed by atoms with E-state index in [2.05, 4.69) is 10.1 Å². The van der Waals surface area contributed by atoms with Gasteiger partial charge in [0, 0.05) is 0 Å². The number of hydrogen-bond acceptors (Lipinski definition) is 4. The fourth-order valence-corrected chi connectivity index (χ4v) is 2.91. The molecule has 0 aromatic heterocycles. The van der Waals surface area contributed by atoms with E-state index in [1.165, 1.54) is 19.2 Å². The van der Waals surface area contributed by atoms with Crippen LogP contribution in [0.4, 0.5) is 5.69 Å². The Morgan fingerprint density at radius 2 is 1.41 bits per heavy atom. The smallest absolute Gasteiger partial charge is 0.341 e. The van der Waals surface area contributed by atoms with E-state index < -0.39 is 11.9 Å². The number of carbonyl (C=O) groups excluding carboxylic acids is 2. The number of hydrogen-bond donors (Lipinski definition) is 2. The summed E-state index contributed by atoms with van der Waals surface area (Å²) in [6.07, 6.45) is 0. The average molecular weight is 361 g/mol. The summed E-state index contributed by atoms with van der Waals surface area (Å²) in [7, 11) is 1.23. The molecule has 5 heteroatoms. The van der Waals surface area contributed by atoms with Gasteiger partial charge in [0.2, 0.25) is 5.91 Å². The number of aromatic hydroxyl groups is 1. The first-order valence-electron chi connectivity index (χ1n) is 8.43. The molecule has 2 N–H and O–H groups in total. The summed E-state index contributed by atoms with van der Waals surface area (Å²) in [5, 5.41) is 13.1. The van der Waals surface area contributed by atoms with Gasteiger partial charge in [0.15, 0.2) is 5.75 Å². The zero-order chi connectivity index (χ0) is 19.2. The number of carbonyl (C=O) groups is 2. The predicted octanol–water partition coefficient (Wildman–Crippen LogP) is 3.95. The lowest BCUT2D eigenvalue weighted by molar-refractivity contribution is -0.116. The van der Waals surface area contributed by atoms with E-state index in [-0.39, 0.29) is 22.9 Å². The topological polar surface area (TPSA) is 75.6 Å². The van der Waals surface area contributed by atoms with Gasteiger partial charge in [-0.1, -0.05) is 66.7 Å². The van der Waals surface area contributed by atoms with Gasteiger partial charge in [0.05, 0.1) is 18.7 Å². The minimum atomic E-state index is -0.675. The molecule has 0 aliphatic carbocycles. The Hall–Kier alpha value is -3.60. The second-order valence-corrected chi connectivity index (χ2v) is 5.94. The van der Waals surface area contributed by atoms with Gasteiger partial charge in [-0.2, -0.15) is 0 Å². The number of methoxy groups -OCH3 is 1. The quantitative estimate of drug-likeness (QED) is 0.533. The predicted molar refractivity (Wildman–Crippen MR) is 103 cm³/mol. The Kier molecular flexibility index (Phi) is 5.52. The number of para-hydroxylation sites is 1. The summed E-state index contributed by atoms with van der Waals surface area (Å²) >= 11 is 0. The normalized spacial score (nSPS) is 10.4. The van der Waals surface area contributed by atoms with Crippen molar-refractivity contribution in [1.82, 2.24) is 0 Å². The summed E-state index contributed by atoms with van der Waals surface area (Å²) in [5.74, 6) is -1.87. The van der Waals surface area contributed by atoms with Crippen molar-refractivity contribution in [3.63, 3.8) is 0 Å². The number of benzene rings is 3. The van der Waals surface area contributed by atoms with E-state index in [0.717, 1.165) is 11.1 Å². The molecule has 1 amide bonds. The monoisotopic (exact) mass is 361 g/mol. The van der Waals surface area contributed by atoms with E-state index in [4.69, 9.17) is 0 Å². The van der Waals surface area contributed by atoms with Crippen molar-refractivity contribution in [3.05, 3.63) is 95.6 Å². The molecule has 0 saturated carbocycles. The van der Waals surface area contributed by atoms with E-state index in [9.17, 15) is 14.7 Å². The Morgan fingerprint density at radius 3 is 1.93 bits per heavy atom. The molecule has 0 heterocycles. The number of phenolic OH excluding ortho intramolecular Hbond substituents is 1. The van der Waals surface area contributed by atoms with Gasteiger partial charge in [0.1, 0.15) is 5.56 Å². The van der Waals surface area contributed by atoms with E-state index in [0.29, 0.717) is 0 Å². The number of esters is 1. The zero-order valence-electron chi connectivity index (χ0n) is 14.8. The summed E-state index contributed by atoms with van der Waals surface area (Å²) in [4.78, 5) is 24.8. The Morgan fingerprint density at radius 1 is 0.852 bits per heavy atom. The highest BCUT2D eigenvalue weighted by Crippen LogP contribution is 2.31. The third kappa shape index (κ3) is 3.98. The van der Waals surface area contributed by atoms with Crippen molar-refractivity contribution in [1.29, 1.82) is 0 Å². The van der Waals surface area contributed by atoms with E-state index >= 15 is 0 Å². The Balaban J connectivity index is 1.96. The molecule has 0 aliphatic heterocycles. The van der Waals surface area contributed by atoms with Crippen LogP contribution < -0.4 is 5.32 Å². The average Bonchev–Trinajstić information content (AvgIpc) is 2.71. The highest BCUT2D eigenvalue weighted by Gasteiger charge is 2.24. The molecular formula is C22H19NO4. The van der Waals surface area contributed by atoms with Gasteiger partial charge >= 0.3 is 5.97 Å². The van der Waals surface area contributed by atoms with Gasteiger partial charge in [-0.3, -0.25) is 4.79 Å². The van der Waals surface area contributed by atoms with Gasteiger partial charge in [-0.05, 0) is 23.3 Å². The third-order valence-corrected chi connectivity index (χ3v) is 4.23. The lowest BCUT2D eigenvalue weighted by Crippen LogP contribution is -2.22. The fourth-order valence-electron chi connectivity index (χ4n) is 2.91. The number of anilines is 1. The van der Waals surface area contributed by atoms with Gasteiger partial charge in [-0.25, -0.2) is 4.79 Å². The third-order valence-electron chi connectivity index (χ3n) is 4.23. The summed E-state index contributed by atoms with van der Waals surface area (Å²) in [6, 6.07) is 23.3. The molecule has 0 bridgehead atoms. The highest BCUT2D eigenvalue weighted by molar-refractivity contribution is 6.02. The second-order valence-electron chi connectivity index (χ2n) is 5.94. The van der Waals surface area contributed by atoms with Crippen molar-refractivity contribution >= 4 is 17.6 Å². The molecule has 3 rings (SSSR count). The Labute approximate surface area is 157 Å². The molecule has 0 saturated heterocycles. The van der Waals surface area contributed by atoms with Crippen molar-refractivity contribution < 1.29 is 19.4 Å². The van der Waals surface area contributed by atoms with Crippen LogP contribution in [0.2, 0.25) is 0 Å². The van der Waals surface area contributed by atoms with Crippen LogP contribution in [-0.4, -0.2) is 24.1 Å². The number of ether oxygens (including phenoxy) is 1. The van der Waals surface area contributed by atoms with Crippen LogP contribution in [0.5, 0.6) is 5.75 Å². The van der Waals surface area contributed by atoms with Crippen LogP contribution in [0.15, 0.2) is 78.9 Å². The number of nitrogens with one attached hydrogen (secondary N) is 1. The first-order chi connectivity index (χ1) is 13.1. The molecule has 136 valence electrons. The largest absolute Gasteiger partial charge is 0.505 e. The summed E-state index contributed by atoms with van der Waals surface area (Å²) in [6.45, 7) is 0. The van der Waals surface area contributed by atoms with Crippen LogP contribution in [-0.2, 0) is 9.53 Å². The van der Waals surface area contributed by atoms with Gasteiger partial charge in [0.25, 0.3) is 0 Å². The molecule has 0 radical (unpaired) electrons. The summed E-state index contributed by atoms with van der Waals surface area (Å²) < 4.78 is 4.65. The maximum atomic E-state index is 13.1. The molecule has 0 fully saturated rings. The Bertz CT molecular complexity index is 900. The van der Waals surface area contributed by atoms with Crippen LogP contribution in [0.25, 0.3) is 0 Å². The maximum Gasteiger partial charge on any atom is 0.341 e. The van der Waals surface area contributed by atoms with Crippen LogP contribution >= 0.6 is 0 Å². The molecule has 3 aromatic rings. The molecule has 0 aliphatic rings. The molecule has 0 unspecified atom stereocenters. The van der Waals surface area contributed by atoms with Crippen molar-refractivity contribution in [2.75, 3.05) is 12.4 Å². The molecule has 0 atom stereocenters. The lowest BCUT2D eigenvalue weighted by atomic mass is 9.90. The highest BCUT2D eigenvalue weighted by atomic mass is 16.5. The minimum Gasteiger partial charge on any atom is -0.505 e. The standard InChI is InChI=1S/C22H19NO4/c1-27-22(26)17-13-8-14-18(20(17)24)23-21(25)19(15-9-4-2-5-10-15)16-11-6-3-7-12-16/h2-14,19,24H,1H3,(H,23,25). The van der Waals surface area contributed by atoms with Crippen LogP contribution in [0, 0.1) is 0 Å². The number of phenols is 1. The van der Waals surface area contributed by atoms with Crippen molar-refractivity contribution in [2.24, 2.45) is 0 Å². The SMILES string of the molecule is COC(=O)c1cccc(NC(=O)C(c2ccccc2)c2ccccc2)c1O. The van der Waals surface area contributed by atoms with Gasteiger partial charge < -0.3 is 15.2 Å². The zero-order valence-corrected chi connectivity index (χ0v) is 14.8. The van der Waals surface area contributed by atoms with Crippen LogP contribution in [0.1, 0.15) is 27.4 Å². The second kappa shape index (κ2) is 8.19. The van der Waals surface area contributed by atoms with E-state index in [1.807, 2.05) is 60.7 Å². The first kappa shape index (κ1) is 18.2. The van der Waals surface area contributed by atoms with Crippen molar-refractivity contribution in [2.45, 2.75) is 5.92 Å². The fraction of sp³-hybridized carbons (Fsp3) is 0.0909. The molecule has 0 spiro atoms. The van der Waals surface area contributed by atoms with Gasteiger partial charge in [-0.15, -0.1) is 0 Å². The molecule has 5 nitrogen and oxygen atoms in total. The lowest BCUT2D eigenvalue weighted by Gasteiger charge is -2.18. The minimum absolute atomic E-state index is 0.00808. The maximum absolute atomic E-state index is 13.1. The molecule has 27 heavy (non-hydrogen) atoms. The number of amides is 1. The van der Waals surface area contributed by atoms with E-state index in [1.54, 1.807) is 6.07 Å².